The Morgan fingerprint density at radius 1 is 1.15 bits per heavy atom. The van der Waals surface area contributed by atoms with E-state index in [0.29, 0.717) is 26.2 Å². The second kappa shape index (κ2) is 7.56. The Bertz CT molecular complexity index is 874. The lowest BCUT2D eigenvalue weighted by atomic mass is 10.2. The van der Waals surface area contributed by atoms with Crippen LogP contribution < -0.4 is 15.0 Å². The van der Waals surface area contributed by atoms with Crippen molar-refractivity contribution >= 4 is 38.1 Å². The molecule has 0 unspecified atom stereocenters. The highest BCUT2D eigenvalue weighted by Gasteiger charge is 2.31. The van der Waals surface area contributed by atoms with E-state index >= 15 is 0 Å². The predicted octanol–water partition coefficient (Wildman–Crippen LogP) is 1.02. The largest absolute Gasteiger partial charge is 0.497 e. The number of anilines is 2. The zero-order valence-corrected chi connectivity index (χ0v) is 16.0. The number of methoxy groups -OCH3 is 1. The molecule has 1 N–H and O–H groups in total. The monoisotopic (exact) mass is 397 g/mol. The molecule has 3 rings (SSSR count). The van der Waals surface area contributed by atoms with Crippen molar-refractivity contribution in [3.63, 3.8) is 0 Å². The molecule has 1 aliphatic heterocycles. The minimum atomic E-state index is -3.71. The molecule has 0 atom stereocenters. The minimum absolute atomic E-state index is 0.112. The maximum atomic E-state index is 12.7. The van der Waals surface area contributed by atoms with Gasteiger partial charge < -0.3 is 15.0 Å². The lowest BCUT2D eigenvalue weighted by molar-refractivity contribution is -0.114. The summed E-state index contributed by atoms with van der Waals surface area (Å²) in [6, 6.07) is 7.66. The summed E-state index contributed by atoms with van der Waals surface area (Å²) in [4.78, 5) is 13.2. The van der Waals surface area contributed by atoms with E-state index in [-0.39, 0.29) is 15.4 Å². The van der Waals surface area contributed by atoms with Crippen LogP contribution in [0.3, 0.4) is 0 Å². The number of nitrogens with zero attached hydrogens (tertiary/aromatic N) is 4. The fourth-order valence-corrected chi connectivity index (χ4v) is 5.11. The number of carbonyl (C=O) groups excluding carboxylic acids is 1. The van der Waals surface area contributed by atoms with Gasteiger partial charge in [-0.15, -0.1) is 10.2 Å². The van der Waals surface area contributed by atoms with Crippen LogP contribution in [0.4, 0.5) is 10.8 Å². The number of hydrogen-bond donors (Lipinski definition) is 1. The standard InChI is InChI=1S/C15H19N5O4S2/c1-11(21)16-14-17-18-15(25-14)26(22,23)20-9-7-19(8-10-20)12-3-5-13(24-2)6-4-12/h3-6H,7-10H2,1-2H3,(H,16,17,21). The lowest BCUT2D eigenvalue weighted by Gasteiger charge is -2.34. The van der Waals surface area contributed by atoms with Crippen LogP contribution in [0.1, 0.15) is 6.92 Å². The zero-order chi connectivity index (χ0) is 18.7. The molecule has 1 aromatic carbocycles. The molecule has 0 aliphatic carbocycles. The van der Waals surface area contributed by atoms with Gasteiger partial charge in [0.15, 0.2) is 0 Å². The molecule has 1 fully saturated rings. The van der Waals surface area contributed by atoms with E-state index in [1.807, 2.05) is 24.3 Å². The molecule has 0 saturated carbocycles. The molecule has 0 bridgehead atoms. The summed E-state index contributed by atoms with van der Waals surface area (Å²) in [6.45, 7) is 3.17. The molecule has 11 heteroatoms. The summed E-state index contributed by atoms with van der Waals surface area (Å²) in [5.41, 5.74) is 1.02. The Morgan fingerprint density at radius 2 is 1.81 bits per heavy atom. The Morgan fingerprint density at radius 3 is 2.38 bits per heavy atom. The second-order valence-electron chi connectivity index (χ2n) is 5.64. The molecule has 2 heterocycles. The van der Waals surface area contributed by atoms with Crippen LogP contribution in [-0.2, 0) is 14.8 Å². The average Bonchev–Trinajstić information content (AvgIpc) is 3.10. The van der Waals surface area contributed by atoms with Crippen molar-refractivity contribution in [1.82, 2.24) is 14.5 Å². The maximum absolute atomic E-state index is 12.7. The van der Waals surface area contributed by atoms with Crippen LogP contribution in [0.25, 0.3) is 0 Å². The first-order valence-electron chi connectivity index (χ1n) is 7.90. The summed E-state index contributed by atoms with van der Waals surface area (Å²) >= 11 is 0.852. The van der Waals surface area contributed by atoms with Gasteiger partial charge in [0.05, 0.1) is 7.11 Å². The van der Waals surface area contributed by atoms with Gasteiger partial charge in [0.25, 0.3) is 10.0 Å². The number of benzene rings is 1. The van der Waals surface area contributed by atoms with Crippen molar-refractivity contribution in [2.24, 2.45) is 0 Å². The van der Waals surface area contributed by atoms with Crippen LogP contribution in [0.5, 0.6) is 5.75 Å². The molecular formula is C15H19N5O4S2. The molecule has 2 aromatic rings. The van der Waals surface area contributed by atoms with Crippen LogP contribution in [-0.4, -0.2) is 62.1 Å². The van der Waals surface area contributed by atoms with Crippen LogP contribution in [0.2, 0.25) is 0 Å². The van der Waals surface area contributed by atoms with Crippen LogP contribution in [0.15, 0.2) is 28.6 Å². The highest BCUT2D eigenvalue weighted by Crippen LogP contribution is 2.26. The number of amides is 1. The van der Waals surface area contributed by atoms with Gasteiger partial charge in [0.2, 0.25) is 15.4 Å². The molecule has 1 saturated heterocycles. The summed E-state index contributed by atoms with van der Waals surface area (Å²) in [7, 11) is -2.10. The maximum Gasteiger partial charge on any atom is 0.272 e. The molecule has 0 spiro atoms. The van der Waals surface area contributed by atoms with Crippen molar-refractivity contribution in [2.75, 3.05) is 43.5 Å². The van der Waals surface area contributed by atoms with Gasteiger partial charge in [-0.3, -0.25) is 4.79 Å². The number of nitrogens with one attached hydrogen (secondary N) is 1. The summed E-state index contributed by atoms with van der Waals surface area (Å²) in [5.74, 6) is 0.458. The van der Waals surface area contributed by atoms with E-state index in [0.717, 1.165) is 22.8 Å². The van der Waals surface area contributed by atoms with Crippen molar-refractivity contribution < 1.29 is 17.9 Å². The fraction of sp³-hybridized carbons (Fsp3) is 0.400. The van der Waals surface area contributed by atoms with Gasteiger partial charge in [-0.1, -0.05) is 11.3 Å². The molecule has 140 valence electrons. The van der Waals surface area contributed by atoms with E-state index in [1.165, 1.54) is 11.2 Å². The number of aromatic nitrogens is 2. The Labute approximate surface area is 155 Å². The summed E-state index contributed by atoms with van der Waals surface area (Å²) in [5, 5.41) is 10.0. The Kier molecular flexibility index (Phi) is 5.39. The van der Waals surface area contributed by atoms with Crippen molar-refractivity contribution in [1.29, 1.82) is 0 Å². The van der Waals surface area contributed by atoms with Gasteiger partial charge >= 0.3 is 0 Å². The average molecular weight is 397 g/mol. The SMILES string of the molecule is COc1ccc(N2CCN(S(=O)(=O)c3nnc(NC(C)=O)s3)CC2)cc1. The van der Waals surface area contributed by atoms with Crippen molar-refractivity contribution in [3.8, 4) is 5.75 Å². The molecule has 1 aliphatic rings. The number of sulfonamides is 1. The van der Waals surface area contributed by atoms with Crippen LogP contribution >= 0.6 is 11.3 Å². The second-order valence-corrected chi connectivity index (χ2v) is 8.73. The normalized spacial score (nSPS) is 15.7. The molecule has 26 heavy (non-hydrogen) atoms. The molecular weight excluding hydrogens is 378 g/mol. The van der Waals surface area contributed by atoms with Gasteiger partial charge in [-0.25, -0.2) is 8.42 Å². The van der Waals surface area contributed by atoms with Crippen molar-refractivity contribution in [3.05, 3.63) is 24.3 Å². The van der Waals surface area contributed by atoms with Gasteiger partial charge in [0, 0.05) is 38.8 Å². The number of ether oxygens (including phenoxy) is 1. The lowest BCUT2D eigenvalue weighted by Crippen LogP contribution is -2.48. The van der Waals surface area contributed by atoms with E-state index in [4.69, 9.17) is 4.74 Å². The van der Waals surface area contributed by atoms with E-state index in [1.54, 1.807) is 7.11 Å². The molecule has 1 amide bonds. The predicted molar refractivity (Wildman–Crippen MR) is 98.2 cm³/mol. The quantitative estimate of drug-likeness (QED) is 0.751. The van der Waals surface area contributed by atoms with E-state index < -0.39 is 10.0 Å². The third-order valence-electron chi connectivity index (χ3n) is 3.93. The van der Waals surface area contributed by atoms with Gasteiger partial charge in [-0.2, -0.15) is 4.31 Å². The van der Waals surface area contributed by atoms with Crippen molar-refractivity contribution in [2.45, 2.75) is 11.3 Å². The summed E-state index contributed by atoms with van der Waals surface area (Å²) < 4.78 is 31.8. The Balaban J connectivity index is 1.66. The Hall–Kier alpha value is -2.24. The van der Waals surface area contributed by atoms with Crippen LogP contribution in [0, 0.1) is 0 Å². The van der Waals surface area contributed by atoms with Gasteiger partial charge in [0.1, 0.15) is 5.75 Å². The topological polar surface area (TPSA) is 105 Å². The minimum Gasteiger partial charge on any atom is -0.497 e. The third kappa shape index (κ3) is 3.94. The highest BCUT2D eigenvalue weighted by molar-refractivity contribution is 7.91. The number of rotatable bonds is 5. The van der Waals surface area contributed by atoms with E-state index in [2.05, 4.69) is 20.4 Å². The molecule has 9 nitrogen and oxygen atoms in total. The zero-order valence-electron chi connectivity index (χ0n) is 14.4. The third-order valence-corrected chi connectivity index (χ3v) is 7.01. The smallest absolute Gasteiger partial charge is 0.272 e. The number of piperazine rings is 1. The molecule has 1 aromatic heterocycles. The molecule has 0 radical (unpaired) electrons. The summed E-state index contributed by atoms with van der Waals surface area (Å²) in [6.07, 6.45) is 0. The van der Waals surface area contributed by atoms with E-state index in [9.17, 15) is 13.2 Å². The highest BCUT2D eigenvalue weighted by atomic mass is 32.2. The number of hydrogen-bond acceptors (Lipinski definition) is 8. The first kappa shape index (κ1) is 18.5. The van der Waals surface area contributed by atoms with Gasteiger partial charge in [-0.05, 0) is 24.3 Å². The fourth-order valence-electron chi connectivity index (χ4n) is 2.61. The first-order valence-corrected chi connectivity index (χ1v) is 10.2. The first-order chi connectivity index (χ1) is 12.4. The number of carbonyl (C=O) groups is 1.